The highest BCUT2D eigenvalue weighted by Crippen LogP contribution is 2.18. The van der Waals surface area contributed by atoms with Gasteiger partial charge in [0, 0.05) is 0 Å². The summed E-state index contributed by atoms with van der Waals surface area (Å²) in [5.41, 5.74) is 4.53. The Kier molecular flexibility index (Phi) is 4.34. The third-order valence-electron chi connectivity index (χ3n) is 3.91. The molecular weight excluding hydrogens is 322 g/mol. The van der Waals surface area contributed by atoms with Crippen molar-refractivity contribution >= 4 is 21.1 Å². The van der Waals surface area contributed by atoms with E-state index in [9.17, 15) is 8.42 Å². The number of fused-ring (bicyclic) bond motifs is 1. The molecule has 124 valence electrons. The van der Waals surface area contributed by atoms with Gasteiger partial charge >= 0.3 is 0 Å². The lowest BCUT2D eigenvalue weighted by Gasteiger charge is -2.11. The first-order valence-corrected chi connectivity index (χ1v) is 9.14. The molecule has 0 saturated heterocycles. The fourth-order valence-electron chi connectivity index (χ4n) is 2.53. The predicted octanol–water partition coefficient (Wildman–Crippen LogP) is 3.03. The molecule has 0 amide bonds. The molecule has 0 atom stereocenters. The van der Waals surface area contributed by atoms with Gasteiger partial charge in [-0.25, -0.2) is 23.1 Å². The van der Waals surface area contributed by atoms with Crippen molar-refractivity contribution in [1.82, 2.24) is 14.7 Å². The van der Waals surface area contributed by atoms with Crippen LogP contribution in [0.4, 0.5) is 0 Å². The van der Waals surface area contributed by atoms with Gasteiger partial charge in [-0.1, -0.05) is 24.3 Å². The summed E-state index contributed by atoms with van der Waals surface area (Å²) in [5.74, 6) is 0. The maximum absolute atomic E-state index is 12.6. The molecule has 0 bridgehead atoms. The molecule has 0 aliphatic rings. The van der Waals surface area contributed by atoms with Gasteiger partial charge in [0.25, 0.3) is 0 Å². The number of hydrogen-bond donors (Lipinski definition) is 1. The summed E-state index contributed by atoms with van der Waals surface area (Å²) in [6.07, 6.45) is 0. The zero-order chi connectivity index (χ0) is 17.3. The maximum Gasteiger partial charge on any atom is 0.241 e. The Labute approximate surface area is 141 Å². The van der Waals surface area contributed by atoms with Crippen LogP contribution in [0.15, 0.2) is 47.4 Å². The van der Waals surface area contributed by atoms with Crippen molar-refractivity contribution in [2.75, 3.05) is 0 Å². The minimum atomic E-state index is -3.60. The molecule has 1 aromatic heterocycles. The van der Waals surface area contributed by atoms with Crippen molar-refractivity contribution < 1.29 is 8.42 Å². The number of rotatable bonds is 4. The quantitative estimate of drug-likeness (QED) is 0.792. The van der Waals surface area contributed by atoms with E-state index in [0.29, 0.717) is 10.6 Å². The second-order valence-electron chi connectivity index (χ2n) is 5.84. The molecule has 5 nitrogen and oxygen atoms in total. The molecule has 0 aliphatic heterocycles. The molecule has 0 saturated carbocycles. The summed E-state index contributed by atoms with van der Waals surface area (Å²) < 4.78 is 27.8. The van der Waals surface area contributed by atoms with Crippen LogP contribution in [0.25, 0.3) is 11.0 Å². The topological polar surface area (TPSA) is 72.0 Å². The van der Waals surface area contributed by atoms with Crippen LogP contribution in [0.2, 0.25) is 0 Å². The van der Waals surface area contributed by atoms with Crippen LogP contribution in [0.5, 0.6) is 0 Å². The first-order valence-electron chi connectivity index (χ1n) is 7.66. The van der Waals surface area contributed by atoms with Crippen molar-refractivity contribution in [3.05, 3.63) is 65.0 Å². The Balaban J connectivity index is 1.90. The van der Waals surface area contributed by atoms with E-state index in [4.69, 9.17) is 0 Å². The van der Waals surface area contributed by atoms with E-state index in [1.807, 2.05) is 50.2 Å². The Morgan fingerprint density at radius 2 is 1.62 bits per heavy atom. The van der Waals surface area contributed by atoms with Crippen LogP contribution in [0.3, 0.4) is 0 Å². The summed E-state index contributed by atoms with van der Waals surface area (Å²) >= 11 is 0. The summed E-state index contributed by atoms with van der Waals surface area (Å²) in [6.45, 7) is 5.60. The van der Waals surface area contributed by atoms with E-state index >= 15 is 0 Å². The highest BCUT2D eigenvalue weighted by Gasteiger charge is 2.17. The van der Waals surface area contributed by atoms with E-state index in [1.165, 1.54) is 0 Å². The summed E-state index contributed by atoms with van der Waals surface area (Å²) in [7, 11) is -3.60. The Hall–Kier alpha value is -2.31. The van der Waals surface area contributed by atoms with E-state index < -0.39 is 10.0 Å². The molecule has 1 heterocycles. The smallest absolute Gasteiger partial charge is 0.241 e. The number of nitrogens with one attached hydrogen (secondary N) is 1. The highest BCUT2D eigenvalue weighted by molar-refractivity contribution is 7.89. The van der Waals surface area contributed by atoms with Gasteiger partial charge in [0.2, 0.25) is 10.0 Å². The molecule has 0 unspecified atom stereocenters. The minimum absolute atomic E-state index is 0.110. The average Bonchev–Trinajstić information content (AvgIpc) is 2.55. The zero-order valence-corrected chi connectivity index (χ0v) is 14.7. The number of aryl methyl sites for hydroxylation is 3. The van der Waals surface area contributed by atoms with Gasteiger partial charge in [-0.05, 0) is 50.1 Å². The SMILES string of the molecule is Cc1ccc(C)c(S(=O)(=O)NCc2nc3ccccc3nc2C)c1. The normalized spacial score (nSPS) is 11.8. The molecule has 24 heavy (non-hydrogen) atoms. The van der Waals surface area contributed by atoms with Crippen molar-refractivity contribution in [3.8, 4) is 0 Å². The van der Waals surface area contributed by atoms with Crippen LogP contribution >= 0.6 is 0 Å². The lowest BCUT2D eigenvalue weighted by atomic mass is 10.2. The first kappa shape index (κ1) is 16.5. The van der Waals surface area contributed by atoms with Crippen LogP contribution in [-0.2, 0) is 16.6 Å². The first-order chi connectivity index (χ1) is 11.4. The fourth-order valence-corrected chi connectivity index (χ4v) is 3.85. The molecule has 0 spiro atoms. The number of sulfonamides is 1. The van der Waals surface area contributed by atoms with Gasteiger partial charge in [-0.3, -0.25) is 0 Å². The van der Waals surface area contributed by atoms with Crippen molar-refractivity contribution in [2.24, 2.45) is 0 Å². The molecule has 2 aromatic carbocycles. The van der Waals surface area contributed by atoms with Crippen molar-refractivity contribution in [1.29, 1.82) is 0 Å². The third-order valence-corrected chi connectivity index (χ3v) is 5.45. The number of para-hydroxylation sites is 2. The number of benzene rings is 2. The molecule has 6 heteroatoms. The molecular formula is C18H19N3O2S. The fraction of sp³-hybridized carbons (Fsp3) is 0.222. The standard InChI is InChI=1S/C18H19N3O2S/c1-12-8-9-13(2)18(10-12)24(22,23)19-11-17-14(3)20-15-6-4-5-7-16(15)21-17/h4-10,19H,11H2,1-3H3. The third kappa shape index (κ3) is 3.29. The lowest BCUT2D eigenvalue weighted by molar-refractivity contribution is 0.579. The van der Waals surface area contributed by atoms with Gasteiger partial charge in [0.1, 0.15) is 0 Å². The molecule has 3 aromatic rings. The molecule has 3 rings (SSSR count). The van der Waals surface area contributed by atoms with Gasteiger partial charge < -0.3 is 0 Å². The van der Waals surface area contributed by atoms with Gasteiger partial charge in [-0.15, -0.1) is 0 Å². The largest absolute Gasteiger partial charge is 0.250 e. The van der Waals surface area contributed by atoms with Gasteiger partial charge in [-0.2, -0.15) is 0 Å². The average molecular weight is 341 g/mol. The predicted molar refractivity (Wildman–Crippen MR) is 94.2 cm³/mol. The van der Waals surface area contributed by atoms with Crippen LogP contribution in [-0.4, -0.2) is 18.4 Å². The molecule has 0 fully saturated rings. The van der Waals surface area contributed by atoms with E-state index in [0.717, 1.165) is 27.9 Å². The maximum atomic E-state index is 12.6. The minimum Gasteiger partial charge on any atom is -0.250 e. The second kappa shape index (κ2) is 6.30. The highest BCUT2D eigenvalue weighted by atomic mass is 32.2. The van der Waals surface area contributed by atoms with Crippen LogP contribution in [0.1, 0.15) is 22.5 Å². The second-order valence-corrected chi connectivity index (χ2v) is 7.57. The van der Waals surface area contributed by atoms with Gasteiger partial charge in [0.15, 0.2) is 0 Å². The number of hydrogen-bond acceptors (Lipinski definition) is 4. The summed E-state index contributed by atoms with van der Waals surface area (Å²) in [6, 6.07) is 12.9. The van der Waals surface area contributed by atoms with E-state index in [2.05, 4.69) is 14.7 Å². The van der Waals surface area contributed by atoms with E-state index in [1.54, 1.807) is 13.0 Å². The monoisotopic (exact) mass is 341 g/mol. The summed E-state index contributed by atoms with van der Waals surface area (Å²) in [4.78, 5) is 9.31. The number of nitrogens with zero attached hydrogens (tertiary/aromatic N) is 2. The Morgan fingerprint density at radius 3 is 2.33 bits per heavy atom. The van der Waals surface area contributed by atoms with Crippen molar-refractivity contribution in [3.63, 3.8) is 0 Å². The number of aromatic nitrogens is 2. The molecule has 0 aliphatic carbocycles. The van der Waals surface area contributed by atoms with Crippen LogP contribution in [0, 0.1) is 20.8 Å². The van der Waals surface area contributed by atoms with Gasteiger partial charge in [0.05, 0.1) is 33.9 Å². The molecule has 0 radical (unpaired) electrons. The lowest BCUT2D eigenvalue weighted by Crippen LogP contribution is -2.25. The van der Waals surface area contributed by atoms with E-state index in [-0.39, 0.29) is 6.54 Å². The van der Waals surface area contributed by atoms with Crippen molar-refractivity contribution in [2.45, 2.75) is 32.2 Å². The zero-order valence-electron chi connectivity index (χ0n) is 13.9. The molecule has 1 N–H and O–H groups in total. The summed E-state index contributed by atoms with van der Waals surface area (Å²) in [5, 5.41) is 0. The van der Waals surface area contributed by atoms with Crippen LogP contribution < -0.4 is 4.72 Å². The Morgan fingerprint density at radius 1 is 0.958 bits per heavy atom. The Bertz CT molecular complexity index is 1010.